The van der Waals surface area contributed by atoms with E-state index in [1.165, 1.54) is 0 Å². The lowest BCUT2D eigenvalue weighted by Crippen LogP contribution is -1.98. The molecule has 0 unspecified atom stereocenters. The van der Waals surface area contributed by atoms with E-state index in [-0.39, 0.29) is 0 Å². The fraction of sp³-hybridized carbons (Fsp3) is 0.143. The Kier molecular flexibility index (Phi) is 3.95. The maximum atomic E-state index is 5.87. The molecule has 4 heteroatoms. The van der Waals surface area contributed by atoms with Crippen LogP contribution < -0.4 is 15.2 Å². The van der Waals surface area contributed by atoms with Crippen LogP contribution in [0.2, 0.25) is 5.02 Å². The standard InChI is InChI=1S/C14H14ClNO2/c1-17-14-6-5-10(7-13(14)16)9-18-12-4-2-3-11(15)8-12/h2-8H,9,16H2,1H3. The summed E-state index contributed by atoms with van der Waals surface area (Å²) in [7, 11) is 1.59. The van der Waals surface area contributed by atoms with Gasteiger partial charge in [-0.3, -0.25) is 0 Å². The second kappa shape index (κ2) is 5.65. The fourth-order valence-electron chi connectivity index (χ4n) is 1.60. The van der Waals surface area contributed by atoms with Crippen molar-refractivity contribution in [2.45, 2.75) is 6.61 Å². The van der Waals surface area contributed by atoms with Crippen LogP contribution in [0.4, 0.5) is 5.69 Å². The molecule has 0 fully saturated rings. The average molecular weight is 264 g/mol. The van der Waals surface area contributed by atoms with Crippen molar-refractivity contribution in [1.29, 1.82) is 0 Å². The molecule has 2 N–H and O–H groups in total. The first-order valence-corrected chi connectivity index (χ1v) is 5.87. The number of hydrogen-bond donors (Lipinski definition) is 1. The summed E-state index contributed by atoms with van der Waals surface area (Å²) >= 11 is 5.87. The zero-order valence-electron chi connectivity index (χ0n) is 10.0. The Morgan fingerprint density at radius 3 is 2.67 bits per heavy atom. The molecule has 2 rings (SSSR count). The van der Waals surface area contributed by atoms with E-state index in [0.717, 1.165) is 11.3 Å². The molecule has 0 saturated carbocycles. The molecule has 0 aliphatic rings. The monoisotopic (exact) mass is 263 g/mol. The molecule has 2 aromatic rings. The lowest BCUT2D eigenvalue weighted by molar-refractivity contribution is 0.306. The number of ether oxygens (including phenoxy) is 2. The molecule has 3 nitrogen and oxygen atoms in total. The van der Waals surface area contributed by atoms with Crippen molar-refractivity contribution in [1.82, 2.24) is 0 Å². The Hall–Kier alpha value is -1.87. The van der Waals surface area contributed by atoms with E-state index >= 15 is 0 Å². The van der Waals surface area contributed by atoms with E-state index in [4.69, 9.17) is 26.8 Å². The van der Waals surface area contributed by atoms with Gasteiger partial charge in [0.25, 0.3) is 0 Å². The molecule has 0 spiro atoms. The van der Waals surface area contributed by atoms with Crippen molar-refractivity contribution in [2.75, 3.05) is 12.8 Å². The highest BCUT2D eigenvalue weighted by Gasteiger charge is 2.02. The Bertz CT molecular complexity index is 543. The van der Waals surface area contributed by atoms with Gasteiger partial charge in [-0.15, -0.1) is 0 Å². The van der Waals surface area contributed by atoms with Crippen molar-refractivity contribution in [2.24, 2.45) is 0 Å². The molecule has 0 bridgehead atoms. The maximum absolute atomic E-state index is 5.87. The molecule has 0 radical (unpaired) electrons. The lowest BCUT2D eigenvalue weighted by atomic mass is 10.2. The Morgan fingerprint density at radius 2 is 2.00 bits per heavy atom. The van der Waals surface area contributed by atoms with Gasteiger partial charge in [-0.2, -0.15) is 0 Å². The van der Waals surface area contributed by atoms with Gasteiger partial charge in [0.05, 0.1) is 12.8 Å². The van der Waals surface area contributed by atoms with Gasteiger partial charge in [-0.25, -0.2) is 0 Å². The van der Waals surface area contributed by atoms with E-state index in [0.29, 0.717) is 23.1 Å². The molecule has 0 aliphatic heterocycles. The minimum absolute atomic E-state index is 0.439. The second-order valence-electron chi connectivity index (χ2n) is 3.82. The van der Waals surface area contributed by atoms with Crippen LogP contribution in [0.5, 0.6) is 11.5 Å². The topological polar surface area (TPSA) is 44.5 Å². The van der Waals surface area contributed by atoms with Crippen LogP contribution in [0.1, 0.15) is 5.56 Å². The van der Waals surface area contributed by atoms with Gasteiger partial charge in [0, 0.05) is 5.02 Å². The van der Waals surface area contributed by atoms with E-state index in [1.807, 2.05) is 30.3 Å². The molecule has 0 atom stereocenters. The van der Waals surface area contributed by atoms with Crippen LogP contribution in [0, 0.1) is 0 Å². The number of rotatable bonds is 4. The van der Waals surface area contributed by atoms with E-state index < -0.39 is 0 Å². The zero-order valence-corrected chi connectivity index (χ0v) is 10.8. The predicted octanol–water partition coefficient (Wildman–Crippen LogP) is 3.51. The first-order valence-electron chi connectivity index (χ1n) is 5.50. The molecular weight excluding hydrogens is 250 g/mol. The van der Waals surface area contributed by atoms with Gasteiger partial charge in [0.15, 0.2) is 0 Å². The van der Waals surface area contributed by atoms with Gasteiger partial charge in [0.1, 0.15) is 18.1 Å². The largest absolute Gasteiger partial charge is 0.495 e. The predicted molar refractivity (Wildman–Crippen MR) is 73.2 cm³/mol. The normalized spacial score (nSPS) is 10.1. The van der Waals surface area contributed by atoms with Crippen LogP contribution in [0.3, 0.4) is 0 Å². The smallest absolute Gasteiger partial charge is 0.141 e. The number of nitrogen functional groups attached to an aromatic ring is 1. The van der Waals surface area contributed by atoms with Crippen LogP contribution in [-0.2, 0) is 6.61 Å². The van der Waals surface area contributed by atoms with E-state index in [2.05, 4.69) is 0 Å². The summed E-state index contributed by atoms with van der Waals surface area (Å²) in [5.41, 5.74) is 7.40. The molecule has 0 aromatic heterocycles. The van der Waals surface area contributed by atoms with Gasteiger partial charge >= 0.3 is 0 Å². The number of hydrogen-bond acceptors (Lipinski definition) is 3. The van der Waals surface area contributed by atoms with Crippen molar-refractivity contribution < 1.29 is 9.47 Å². The highest BCUT2D eigenvalue weighted by Crippen LogP contribution is 2.23. The van der Waals surface area contributed by atoms with Gasteiger partial charge < -0.3 is 15.2 Å². The zero-order chi connectivity index (χ0) is 13.0. The quantitative estimate of drug-likeness (QED) is 0.859. The SMILES string of the molecule is COc1ccc(COc2cccc(Cl)c2)cc1N. The van der Waals surface area contributed by atoms with Gasteiger partial charge in [-0.1, -0.05) is 23.7 Å². The summed E-state index contributed by atoms with van der Waals surface area (Å²) in [5, 5.41) is 0.654. The number of benzene rings is 2. The molecule has 0 heterocycles. The van der Waals surface area contributed by atoms with Gasteiger partial charge in [0.2, 0.25) is 0 Å². The summed E-state index contributed by atoms with van der Waals surface area (Å²) in [4.78, 5) is 0. The Balaban J connectivity index is 2.04. The van der Waals surface area contributed by atoms with Crippen LogP contribution in [0.25, 0.3) is 0 Å². The molecule has 0 aliphatic carbocycles. The first-order chi connectivity index (χ1) is 8.69. The third-order valence-corrected chi connectivity index (χ3v) is 2.73. The Morgan fingerprint density at radius 1 is 1.17 bits per heavy atom. The first kappa shape index (κ1) is 12.6. The third-order valence-electron chi connectivity index (χ3n) is 2.50. The molecule has 2 aromatic carbocycles. The number of methoxy groups -OCH3 is 1. The molecule has 94 valence electrons. The van der Waals surface area contributed by atoms with Crippen LogP contribution in [-0.4, -0.2) is 7.11 Å². The summed E-state index contributed by atoms with van der Waals surface area (Å²) < 4.78 is 10.7. The van der Waals surface area contributed by atoms with Crippen molar-refractivity contribution in [3.63, 3.8) is 0 Å². The summed E-state index contributed by atoms with van der Waals surface area (Å²) in [6.07, 6.45) is 0. The molecular formula is C14H14ClNO2. The molecule has 0 saturated heterocycles. The van der Waals surface area contributed by atoms with Crippen molar-refractivity contribution in [3.8, 4) is 11.5 Å². The second-order valence-corrected chi connectivity index (χ2v) is 4.26. The van der Waals surface area contributed by atoms with Crippen LogP contribution in [0.15, 0.2) is 42.5 Å². The minimum atomic E-state index is 0.439. The highest BCUT2D eigenvalue weighted by molar-refractivity contribution is 6.30. The third kappa shape index (κ3) is 3.08. The van der Waals surface area contributed by atoms with Crippen molar-refractivity contribution in [3.05, 3.63) is 53.1 Å². The summed E-state index contributed by atoms with van der Waals surface area (Å²) in [5.74, 6) is 1.40. The minimum Gasteiger partial charge on any atom is -0.495 e. The molecule has 0 amide bonds. The van der Waals surface area contributed by atoms with Crippen molar-refractivity contribution >= 4 is 17.3 Å². The van der Waals surface area contributed by atoms with E-state index in [9.17, 15) is 0 Å². The average Bonchev–Trinajstić information content (AvgIpc) is 2.37. The lowest BCUT2D eigenvalue weighted by Gasteiger charge is -2.09. The Labute approximate surface area is 111 Å². The number of halogens is 1. The summed E-state index contributed by atoms with van der Waals surface area (Å²) in [6.45, 7) is 0.439. The van der Waals surface area contributed by atoms with E-state index in [1.54, 1.807) is 19.2 Å². The maximum Gasteiger partial charge on any atom is 0.141 e. The summed E-state index contributed by atoms with van der Waals surface area (Å²) in [6, 6.07) is 12.9. The number of anilines is 1. The highest BCUT2D eigenvalue weighted by atomic mass is 35.5. The van der Waals surface area contributed by atoms with Crippen LogP contribution >= 0.6 is 11.6 Å². The fourth-order valence-corrected chi connectivity index (χ4v) is 1.78. The number of nitrogens with two attached hydrogens (primary N) is 1. The molecule has 18 heavy (non-hydrogen) atoms. The van der Waals surface area contributed by atoms with Gasteiger partial charge in [-0.05, 0) is 35.9 Å².